The Morgan fingerprint density at radius 2 is 2.07 bits per heavy atom. The first-order valence-electron chi connectivity index (χ1n) is 10.8. The molecule has 2 aliphatic rings. The molecule has 2 aromatic rings. The fourth-order valence-corrected chi connectivity index (χ4v) is 4.85. The number of carbonyl (C=O) groups excluding carboxylic acids is 2. The molecular weight excluding hydrogens is 382 g/mol. The van der Waals surface area contributed by atoms with Gasteiger partial charge < -0.3 is 9.64 Å². The Balaban J connectivity index is 1.41. The Morgan fingerprint density at radius 3 is 2.87 bits per heavy atom. The molecule has 4 atom stereocenters. The molecule has 0 spiro atoms. The monoisotopic (exact) mass is 411 g/mol. The summed E-state index contributed by atoms with van der Waals surface area (Å²) in [7, 11) is 0. The molecule has 7 heteroatoms. The highest BCUT2D eigenvalue weighted by molar-refractivity contribution is 5.87. The van der Waals surface area contributed by atoms with Crippen LogP contribution < -0.4 is 5.56 Å². The molecule has 7 nitrogen and oxygen atoms in total. The van der Waals surface area contributed by atoms with Gasteiger partial charge in [0, 0.05) is 31.3 Å². The molecule has 0 radical (unpaired) electrons. The molecule has 0 aromatic carbocycles. The zero-order valence-electron chi connectivity index (χ0n) is 17.8. The van der Waals surface area contributed by atoms with Crippen LogP contribution in [0.4, 0.5) is 0 Å². The van der Waals surface area contributed by atoms with Crippen molar-refractivity contribution in [3.05, 3.63) is 46.0 Å². The average Bonchev–Trinajstić information content (AvgIpc) is 3.10. The largest absolute Gasteiger partial charge is 0.459 e. The van der Waals surface area contributed by atoms with Gasteiger partial charge in [0.2, 0.25) is 5.91 Å². The maximum absolute atomic E-state index is 12.6. The van der Waals surface area contributed by atoms with Crippen molar-refractivity contribution >= 4 is 17.5 Å². The quantitative estimate of drug-likeness (QED) is 0.723. The highest BCUT2D eigenvalue weighted by Gasteiger charge is 2.42. The zero-order chi connectivity index (χ0) is 21.4. The molecule has 30 heavy (non-hydrogen) atoms. The number of aromatic nitrogens is 2. The first-order chi connectivity index (χ1) is 14.3. The number of carbonyl (C=O) groups is 2. The second-order valence-corrected chi connectivity index (χ2v) is 8.86. The van der Waals surface area contributed by atoms with E-state index in [-0.39, 0.29) is 30.5 Å². The van der Waals surface area contributed by atoms with Crippen molar-refractivity contribution in [2.75, 3.05) is 6.54 Å². The molecule has 0 bridgehead atoms. The minimum atomic E-state index is -0.453. The second-order valence-electron chi connectivity index (χ2n) is 8.86. The lowest BCUT2D eigenvalue weighted by Crippen LogP contribution is -2.45. The predicted octanol–water partition coefficient (Wildman–Crippen LogP) is 2.72. The zero-order valence-corrected chi connectivity index (χ0v) is 17.8. The van der Waals surface area contributed by atoms with Crippen molar-refractivity contribution in [3.63, 3.8) is 0 Å². The van der Waals surface area contributed by atoms with Crippen LogP contribution >= 0.6 is 0 Å². The van der Waals surface area contributed by atoms with E-state index in [4.69, 9.17) is 4.74 Å². The highest BCUT2D eigenvalue weighted by atomic mass is 16.5. The van der Waals surface area contributed by atoms with Crippen LogP contribution in [-0.2, 0) is 20.9 Å². The Kier molecular flexibility index (Phi) is 5.62. The van der Waals surface area contributed by atoms with E-state index < -0.39 is 11.9 Å². The molecule has 3 heterocycles. The molecule has 1 saturated heterocycles. The lowest BCUT2D eigenvalue weighted by Gasteiger charge is -2.39. The van der Waals surface area contributed by atoms with Gasteiger partial charge in [-0.25, -0.2) is 4.98 Å². The molecule has 1 amide bonds. The SMILES string of the molecule is Cc1cccn2c(=O)cc(COC(=O)[C@H]3CC(=O)N([C@@H]4CCC[C@H](C)[C@@H]4C)C3)nc12. The van der Waals surface area contributed by atoms with E-state index in [2.05, 4.69) is 18.8 Å². The number of hydrogen-bond acceptors (Lipinski definition) is 5. The number of ether oxygens (including phenoxy) is 1. The smallest absolute Gasteiger partial charge is 0.311 e. The van der Waals surface area contributed by atoms with Crippen LogP contribution in [0.3, 0.4) is 0 Å². The summed E-state index contributed by atoms with van der Waals surface area (Å²) in [5, 5.41) is 0. The summed E-state index contributed by atoms with van der Waals surface area (Å²) in [6, 6.07) is 5.27. The number of pyridine rings is 1. The van der Waals surface area contributed by atoms with Crippen molar-refractivity contribution in [1.82, 2.24) is 14.3 Å². The third-order valence-electron chi connectivity index (χ3n) is 6.86. The van der Waals surface area contributed by atoms with Gasteiger partial charge in [0.1, 0.15) is 12.3 Å². The predicted molar refractivity (Wildman–Crippen MR) is 112 cm³/mol. The number of hydrogen-bond donors (Lipinski definition) is 0. The van der Waals surface area contributed by atoms with Crippen molar-refractivity contribution in [1.29, 1.82) is 0 Å². The Labute approximate surface area is 176 Å². The molecular formula is C23H29N3O4. The number of nitrogens with zero attached hydrogens (tertiary/aromatic N) is 3. The van der Waals surface area contributed by atoms with Gasteiger partial charge >= 0.3 is 5.97 Å². The van der Waals surface area contributed by atoms with E-state index in [9.17, 15) is 14.4 Å². The summed E-state index contributed by atoms with van der Waals surface area (Å²) < 4.78 is 6.93. The summed E-state index contributed by atoms with van der Waals surface area (Å²) in [4.78, 5) is 43.9. The molecule has 0 N–H and O–H groups in total. The van der Waals surface area contributed by atoms with E-state index in [0.717, 1.165) is 18.4 Å². The number of rotatable bonds is 4. The maximum Gasteiger partial charge on any atom is 0.311 e. The minimum Gasteiger partial charge on any atom is -0.459 e. The standard InChI is InChI=1S/C23H29N3O4/c1-14-6-4-8-19(16(14)3)26-12-17(10-20(26)27)23(29)30-13-18-11-21(28)25-9-5-7-15(2)22(25)24-18/h5,7,9,11,14,16-17,19H,4,6,8,10,12-13H2,1-3H3/t14-,16-,17-,19+/m0/s1. The Morgan fingerprint density at radius 1 is 1.27 bits per heavy atom. The molecule has 2 fully saturated rings. The van der Waals surface area contributed by atoms with Crippen molar-refractivity contribution in [2.45, 2.75) is 59.1 Å². The molecule has 160 valence electrons. The summed E-state index contributed by atoms with van der Waals surface area (Å²) in [5.74, 6) is 0.222. The lowest BCUT2D eigenvalue weighted by molar-refractivity contribution is -0.149. The van der Waals surface area contributed by atoms with Gasteiger partial charge in [0.05, 0.1) is 11.6 Å². The number of likely N-dealkylation sites (tertiary alicyclic amines) is 1. The van der Waals surface area contributed by atoms with Crippen molar-refractivity contribution in [2.24, 2.45) is 17.8 Å². The van der Waals surface area contributed by atoms with Crippen molar-refractivity contribution in [3.8, 4) is 0 Å². The molecule has 0 unspecified atom stereocenters. The van der Waals surface area contributed by atoms with Crippen LogP contribution in [0.1, 0.15) is 50.8 Å². The van der Waals surface area contributed by atoms with Crippen LogP contribution in [0, 0.1) is 24.7 Å². The Hall–Kier alpha value is -2.70. The number of esters is 1. The van der Waals surface area contributed by atoms with Gasteiger partial charge in [0.15, 0.2) is 0 Å². The molecule has 1 aliphatic carbocycles. The number of aryl methyl sites for hydroxylation is 1. The average molecular weight is 412 g/mol. The van der Waals surface area contributed by atoms with Crippen LogP contribution in [-0.4, -0.2) is 38.7 Å². The Bertz CT molecular complexity index is 1030. The first-order valence-corrected chi connectivity index (χ1v) is 10.8. The van der Waals surface area contributed by atoms with E-state index in [1.54, 1.807) is 12.3 Å². The van der Waals surface area contributed by atoms with Crippen LogP contribution in [0.25, 0.3) is 5.65 Å². The number of amides is 1. The van der Waals surface area contributed by atoms with Crippen molar-refractivity contribution < 1.29 is 14.3 Å². The van der Waals surface area contributed by atoms with Crippen LogP contribution in [0.15, 0.2) is 29.2 Å². The topological polar surface area (TPSA) is 81.0 Å². The number of fused-ring (bicyclic) bond motifs is 1. The lowest BCUT2D eigenvalue weighted by atomic mass is 9.77. The summed E-state index contributed by atoms with van der Waals surface area (Å²) in [6.07, 6.45) is 5.19. The molecule has 2 aromatic heterocycles. The van der Waals surface area contributed by atoms with Gasteiger partial charge in [-0.1, -0.05) is 32.8 Å². The molecule has 1 saturated carbocycles. The summed E-state index contributed by atoms with van der Waals surface area (Å²) >= 11 is 0. The van der Waals surface area contributed by atoms with Crippen LogP contribution in [0.2, 0.25) is 0 Å². The van der Waals surface area contributed by atoms with E-state index in [1.165, 1.54) is 16.9 Å². The van der Waals surface area contributed by atoms with Gasteiger partial charge in [-0.15, -0.1) is 0 Å². The highest BCUT2D eigenvalue weighted by Crippen LogP contribution is 2.36. The summed E-state index contributed by atoms with van der Waals surface area (Å²) in [6.45, 7) is 6.68. The van der Waals surface area contributed by atoms with E-state index in [0.29, 0.717) is 29.7 Å². The molecule has 1 aliphatic heterocycles. The van der Waals surface area contributed by atoms with Crippen LogP contribution in [0.5, 0.6) is 0 Å². The van der Waals surface area contributed by atoms with Gasteiger partial charge in [-0.2, -0.15) is 0 Å². The second kappa shape index (κ2) is 8.20. The van der Waals surface area contributed by atoms with Gasteiger partial charge in [-0.05, 0) is 36.8 Å². The fourth-order valence-electron chi connectivity index (χ4n) is 4.85. The minimum absolute atomic E-state index is 0.0422. The van der Waals surface area contributed by atoms with Gasteiger partial charge in [0.25, 0.3) is 5.56 Å². The summed E-state index contributed by atoms with van der Waals surface area (Å²) in [5.41, 5.74) is 1.63. The fraction of sp³-hybridized carbons (Fsp3) is 0.565. The third-order valence-corrected chi connectivity index (χ3v) is 6.86. The normalized spacial score (nSPS) is 26.9. The van der Waals surface area contributed by atoms with E-state index in [1.807, 2.05) is 17.9 Å². The van der Waals surface area contributed by atoms with Gasteiger partial charge in [-0.3, -0.25) is 18.8 Å². The maximum atomic E-state index is 12.6. The molecule has 4 rings (SSSR count). The first kappa shape index (κ1) is 20.6. The van der Waals surface area contributed by atoms with E-state index >= 15 is 0 Å². The third kappa shape index (κ3) is 3.85.